The molecule has 0 saturated carbocycles. The third-order valence-electron chi connectivity index (χ3n) is 3.09. The summed E-state index contributed by atoms with van der Waals surface area (Å²) in [5.74, 6) is 1.83. The van der Waals surface area contributed by atoms with Crippen molar-refractivity contribution in [2.24, 2.45) is 0 Å². The third-order valence-corrected chi connectivity index (χ3v) is 3.29. The van der Waals surface area contributed by atoms with Crippen LogP contribution in [0, 0.1) is 0 Å². The lowest BCUT2D eigenvalue weighted by atomic mass is 10.2. The fourth-order valence-corrected chi connectivity index (χ4v) is 2.30. The number of rotatable bonds is 5. The van der Waals surface area contributed by atoms with Gasteiger partial charge in [0.05, 0.1) is 5.69 Å². The van der Waals surface area contributed by atoms with Crippen molar-refractivity contribution < 1.29 is 18.9 Å². The van der Waals surface area contributed by atoms with Crippen LogP contribution in [0.25, 0.3) is 0 Å². The molecule has 2 aromatic carbocycles. The van der Waals surface area contributed by atoms with Gasteiger partial charge in [-0.1, -0.05) is 18.2 Å². The van der Waals surface area contributed by atoms with Crippen LogP contribution in [0.2, 0.25) is 0 Å². The second kappa shape index (κ2) is 7.17. The zero-order chi connectivity index (χ0) is 16.1. The van der Waals surface area contributed by atoms with Gasteiger partial charge in [-0.3, -0.25) is 0 Å². The molecule has 0 radical (unpaired) electrons. The minimum absolute atomic E-state index is 0.118. The number of hydrogen-bond acceptors (Lipinski definition) is 5. The molecule has 0 atom stereocenters. The van der Waals surface area contributed by atoms with Gasteiger partial charge in [0.2, 0.25) is 6.79 Å². The number of methoxy groups -OCH3 is 1. The van der Waals surface area contributed by atoms with Crippen LogP contribution >= 0.6 is 12.2 Å². The van der Waals surface area contributed by atoms with Gasteiger partial charge in [-0.25, -0.2) is 0 Å². The maximum atomic E-state index is 5.55. The summed E-state index contributed by atoms with van der Waals surface area (Å²) in [5.41, 5.74) is 1.56. The summed E-state index contributed by atoms with van der Waals surface area (Å²) in [5, 5.41) is 6.65. The van der Waals surface area contributed by atoms with Crippen LogP contribution in [0.15, 0.2) is 42.5 Å². The van der Waals surface area contributed by atoms with Crippen LogP contribution in [0.4, 0.5) is 11.4 Å². The Balaban J connectivity index is 1.76. The molecule has 0 spiro atoms. The Morgan fingerprint density at radius 3 is 2.61 bits per heavy atom. The van der Waals surface area contributed by atoms with Gasteiger partial charge in [-0.2, -0.15) is 0 Å². The SMILES string of the molecule is COCOc1cc2c(cc1NC(=S)Nc1ccccc1)OCO2. The average molecular weight is 332 g/mol. The van der Waals surface area contributed by atoms with Gasteiger partial charge in [-0.15, -0.1) is 0 Å². The highest BCUT2D eigenvalue weighted by Gasteiger charge is 2.18. The van der Waals surface area contributed by atoms with Crippen LogP contribution in [-0.4, -0.2) is 25.8 Å². The molecule has 1 aliphatic heterocycles. The minimum atomic E-state index is 0.118. The van der Waals surface area contributed by atoms with Crippen molar-refractivity contribution in [3.63, 3.8) is 0 Å². The standard InChI is InChI=1S/C16H16N2O4S/c1-19-9-20-13-8-15-14(21-10-22-15)7-12(13)18-16(23)17-11-5-3-2-4-6-11/h2-8H,9-10H2,1H3,(H2,17,18,23). The summed E-state index contributed by atoms with van der Waals surface area (Å²) in [6, 6.07) is 13.2. The molecule has 6 nitrogen and oxygen atoms in total. The quantitative estimate of drug-likeness (QED) is 0.644. The monoisotopic (exact) mass is 332 g/mol. The van der Waals surface area contributed by atoms with E-state index in [4.69, 9.17) is 31.2 Å². The van der Waals surface area contributed by atoms with Crippen molar-refractivity contribution in [2.75, 3.05) is 31.3 Å². The molecular formula is C16H16N2O4S. The molecule has 1 heterocycles. The molecule has 0 amide bonds. The highest BCUT2D eigenvalue weighted by Crippen LogP contribution is 2.40. The van der Waals surface area contributed by atoms with Crippen molar-refractivity contribution in [2.45, 2.75) is 0 Å². The number of benzene rings is 2. The number of anilines is 2. The molecule has 120 valence electrons. The van der Waals surface area contributed by atoms with Crippen molar-refractivity contribution in [3.05, 3.63) is 42.5 Å². The number of para-hydroxylation sites is 1. The second-order valence-corrected chi connectivity index (χ2v) is 5.11. The predicted octanol–water partition coefficient (Wildman–Crippen LogP) is 3.21. The van der Waals surface area contributed by atoms with Crippen LogP contribution in [0.3, 0.4) is 0 Å². The Hall–Kier alpha value is -2.51. The predicted molar refractivity (Wildman–Crippen MR) is 91.4 cm³/mol. The molecule has 0 fully saturated rings. The zero-order valence-corrected chi connectivity index (χ0v) is 13.3. The molecule has 0 saturated heterocycles. The Labute approximate surface area is 139 Å². The Kier molecular flexibility index (Phi) is 4.80. The highest BCUT2D eigenvalue weighted by molar-refractivity contribution is 7.80. The smallest absolute Gasteiger partial charge is 0.231 e. The number of ether oxygens (including phenoxy) is 4. The van der Waals surface area contributed by atoms with Crippen molar-refractivity contribution in [3.8, 4) is 17.2 Å². The molecule has 23 heavy (non-hydrogen) atoms. The summed E-state index contributed by atoms with van der Waals surface area (Å²) in [6.45, 7) is 0.308. The maximum absolute atomic E-state index is 5.55. The molecular weight excluding hydrogens is 316 g/mol. The largest absolute Gasteiger partial charge is 0.465 e. The third kappa shape index (κ3) is 3.82. The van der Waals surface area contributed by atoms with Crippen molar-refractivity contribution in [1.82, 2.24) is 0 Å². The van der Waals surface area contributed by atoms with Crippen LogP contribution < -0.4 is 24.8 Å². The lowest BCUT2D eigenvalue weighted by Gasteiger charge is -2.15. The van der Waals surface area contributed by atoms with Crippen molar-refractivity contribution in [1.29, 1.82) is 0 Å². The fraction of sp³-hybridized carbons (Fsp3) is 0.188. The molecule has 2 aromatic rings. The molecule has 1 aliphatic rings. The number of fused-ring (bicyclic) bond motifs is 1. The van der Waals surface area contributed by atoms with E-state index in [0.717, 1.165) is 5.69 Å². The lowest BCUT2D eigenvalue weighted by molar-refractivity contribution is 0.0515. The van der Waals surface area contributed by atoms with Gasteiger partial charge in [0.25, 0.3) is 0 Å². The molecule has 3 rings (SSSR count). The van der Waals surface area contributed by atoms with Gasteiger partial charge in [0.1, 0.15) is 5.75 Å². The van der Waals surface area contributed by atoms with Gasteiger partial charge in [0, 0.05) is 24.9 Å². The first-order chi connectivity index (χ1) is 11.3. The molecule has 0 aliphatic carbocycles. The second-order valence-electron chi connectivity index (χ2n) is 4.70. The Bertz CT molecular complexity index is 694. The maximum Gasteiger partial charge on any atom is 0.231 e. The number of thiocarbonyl (C=S) groups is 1. The van der Waals surface area contributed by atoms with Crippen LogP contribution in [0.1, 0.15) is 0 Å². The van der Waals surface area contributed by atoms with Crippen molar-refractivity contribution >= 4 is 28.7 Å². The minimum Gasteiger partial charge on any atom is -0.465 e. The Morgan fingerprint density at radius 1 is 1.13 bits per heavy atom. The number of nitrogens with one attached hydrogen (secondary N) is 2. The summed E-state index contributed by atoms with van der Waals surface area (Å²) in [7, 11) is 1.56. The summed E-state index contributed by atoms with van der Waals surface area (Å²) < 4.78 is 21.2. The Morgan fingerprint density at radius 2 is 1.87 bits per heavy atom. The molecule has 0 aromatic heterocycles. The molecule has 7 heteroatoms. The highest BCUT2D eigenvalue weighted by atomic mass is 32.1. The normalized spacial score (nSPS) is 11.9. The first-order valence-electron chi connectivity index (χ1n) is 6.94. The van der Waals surface area contributed by atoms with E-state index in [1.807, 2.05) is 30.3 Å². The fourth-order valence-electron chi connectivity index (χ4n) is 2.07. The molecule has 0 unspecified atom stereocenters. The lowest BCUT2D eigenvalue weighted by Crippen LogP contribution is -2.19. The number of hydrogen-bond donors (Lipinski definition) is 2. The zero-order valence-electron chi connectivity index (χ0n) is 12.5. The van der Waals surface area contributed by atoms with E-state index in [0.29, 0.717) is 28.0 Å². The van der Waals surface area contributed by atoms with Gasteiger partial charge in [0.15, 0.2) is 23.4 Å². The summed E-state index contributed by atoms with van der Waals surface area (Å²) in [6.07, 6.45) is 0. The summed E-state index contributed by atoms with van der Waals surface area (Å²) in [4.78, 5) is 0. The van der Waals surface area contributed by atoms with Crippen LogP contribution in [-0.2, 0) is 4.74 Å². The van der Waals surface area contributed by atoms with E-state index in [9.17, 15) is 0 Å². The van der Waals surface area contributed by atoms with E-state index in [-0.39, 0.29) is 13.6 Å². The molecule has 0 bridgehead atoms. The first kappa shape index (κ1) is 15.4. The van der Waals surface area contributed by atoms with E-state index in [1.54, 1.807) is 19.2 Å². The van der Waals surface area contributed by atoms with E-state index >= 15 is 0 Å². The van der Waals surface area contributed by atoms with E-state index in [1.165, 1.54) is 0 Å². The van der Waals surface area contributed by atoms with Crippen LogP contribution in [0.5, 0.6) is 17.2 Å². The summed E-state index contributed by atoms with van der Waals surface area (Å²) >= 11 is 5.34. The molecule has 2 N–H and O–H groups in total. The van der Waals surface area contributed by atoms with Gasteiger partial charge < -0.3 is 29.6 Å². The first-order valence-corrected chi connectivity index (χ1v) is 7.35. The van der Waals surface area contributed by atoms with Gasteiger partial charge >= 0.3 is 0 Å². The van der Waals surface area contributed by atoms with E-state index < -0.39 is 0 Å². The van der Waals surface area contributed by atoms with E-state index in [2.05, 4.69) is 10.6 Å². The van der Waals surface area contributed by atoms with Gasteiger partial charge in [-0.05, 0) is 24.4 Å². The average Bonchev–Trinajstić information content (AvgIpc) is 3.00. The topological polar surface area (TPSA) is 61.0 Å².